The zero-order valence-corrected chi connectivity index (χ0v) is 10.5. The van der Waals surface area contributed by atoms with E-state index in [4.69, 9.17) is 4.74 Å². The molecule has 0 aliphatic heterocycles. The van der Waals surface area contributed by atoms with Crippen molar-refractivity contribution in [2.45, 2.75) is 26.4 Å². The first-order chi connectivity index (χ1) is 8.13. The first-order valence-electron chi connectivity index (χ1n) is 5.61. The Hall–Kier alpha value is -1.62. The predicted molar refractivity (Wildman–Crippen MR) is 65.8 cm³/mol. The fourth-order valence-corrected chi connectivity index (χ4v) is 1.43. The number of amides is 1. The van der Waals surface area contributed by atoms with Crippen LogP contribution in [-0.2, 0) is 11.3 Å². The van der Waals surface area contributed by atoms with Crippen molar-refractivity contribution in [1.29, 1.82) is 0 Å². The molecule has 1 rings (SSSR count). The van der Waals surface area contributed by atoms with E-state index in [0.717, 1.165) is 5.56 Å². The van der Waals surface area contributed by atoms with Crippen LogP contribution in [0.5, 0.6) is 5.88 Å². The van der Waals surface area contributed by atoms with E-state index < -0.39 is 0 Å². The summed E-state index contributed by atoms with van der Waals surface area (Å²) >= 11 is 0. The Morgan fingerprint density at radius 3 is 2.94 bits per heavy atom. The molecule has 0 aliphatic carbocycles. The van der Waals surface area contributed by atoms with Gasteiger partial charge in [0.25, 0.3) is 0 Å². The molecule has 17 heavy (non-hydrogen) atoms. The predicted octanol–water partition coefficient (Wildman–Crippen LogP) is 0.704. The van der Waals surface area contributed by atoms with Crippen LogP contribution < -0.4 is 15.4 Å². The van der Waals surface area contributed by atoms with E-state index in [9.17, 15) is 4.79 Å². The number of nitrogens with one attached hydrogen (secondary N) is 2. The summed E-state index contributed by atoms with van der Waals surface area (Å²) in [6.45, 7) is 4.71. The van der Waals surface area contributed by atoms with Crippen LogP contribution in [0.2, 0.25) is 0 Å². The molecule has 2 N–H and O–H groups in total. The molecular weight excluding hydrogens is 218 g/mol. The number of carbonyl (C=O) groups excluding carboxylic acids is 1. The van der Waals surface area contributed by atoms with Crippen molar-refractivity contribution in [2.75, 3.05) is 13.7 Å². The van der Waals surface area contributed by atoms with Crippen molar-refractivity contribution in [3.8, 4) is 5.88 Å². The normalized spacial score (nSPS) is 10.4. The molecule has 0 radical (unpaired) electrons. The van der Waals surface area contributed by atoms with Crippen LogP contribution in [0.15, 0.2) is 18.3 Å². The monoisotopic (exact) mass is 237 g/mol. The standard InChI is InChI=1S/C12H19N3O2/c1-9(2)15-11(16)8-13-7-10-5-4-6-14-12(10)17-3/h4-6,9,13H,7-8H2,1-3H3,(H,15,16). The van der Waals surface area contributed by atoms with Crippen molar-refractivity contribution in [3.63, 3.8) is 0 Å². The van der Waals surface area contributed by atoms with Gasteiger partial charge in [0.05, 0.1) is 13.7 Å². The number of rotatable bonds is 6. The van der Waals surface area contributed by atoms with E-state index in [2.05, 4.69) is 15.6 Å². The highest BCUT2D eigenvalue weighted by atomic mass is 16.5. The zero-order chi connectivity index (χ0) is 12.7. The second-order valence-electron chi connectivity index (χ2n) is 4.00. The number of nitrogens with zero attached hydrogens (tertiary/aromatic N) is 1. The minimum absolute atomic E-state index is 0.0112. The smallest absolute Gasteiger partial charge is 0.234 e. The minimum atomic E-state index is -0.0112. The lowest BCUT2D eigenvalue weighted by Crippen LogP contribution is -2.37. The minimum Gasteiger partial charge on any atom is -0.481 e. The maximum Gasteiger partial charge on any atom is 0.234 e. The first kappa shape index (κ1) is 13.4. The summed E-state index contributed by atoms with van der Waals surface area (Å²) in [7, 11) is 1.58. The van der Waals surface area contributed by atoms with Gasteiger partial charge in [0.15, 0.2) is 0 Å². The van der Waals surface area contributed by atoms with Gasteiger partial charge in [-0.2, -0.15) is 0 Å². The molecule has 1 amide bonds. The molecular formula is C12H19N3O2. The summed E-state index contributed by atoms with van der Waals surface area (Å²) < 4.78 is 5.12. The number of carbonyl (C=O) groups is 1. The molecule has 0 unspecified atom stereocenters. The second-order valence-corrected chi connectivity index (χ2v) is 4.00. The Bertz CT molecular complexity index is 367. The van der Waals surface area contributed by atoms with Gasteiger partial charge in [-0.25, -0.2) is 4.98 Å². The number of hydrogen-bond donors (Lipinski definition) is 2. The van der Waals surface area contributed by atoms with Crippen molar-refractivity contribution in [3.05, 3.63) is 23.9 Å². The van der Waals surface area contributed by atoms with Crippen molar-refractivity contribution >= 4 is 5.91 Å². The van der Waals surface area contributed by atoms with Gasteiger partial charge in [-0.05, 0) is 19.9 Å². The van der Waals surface area contributed by atoms with Gasteiger partial charge < -0.3 is 15.4 Å². The van der Waals surface area contributed by atoms with Crippen molar-refractivity contribution in [2.24, 2.45) is 0 Å². The first-order valence-corrected chi connectivity index (χ1v) is 5.61. The fourth-order valence-electron chi connectivity index (χ4n) is 1.43. The topological polar surface area (TPSA) is 63.2 Å². The number of pyridine rings is 1. The van der Waals surface area contributed by atoms with Crippen molar-refractivity contribution < 1.29 is 9.53 Å². The second kappa shape index (κ2) is 6.85. The van der Waals surface area contributed by atoms with Gasteiger partial charge in [0.2, 0.25) is 11.8 Å². The summed E-state index contributed by atoms with van der Waals surface area (Å²) in [5.41, 5.74) is 0.937. The summed E-state index contributed by atoms with van der Waals surface area (Å²) in [6, 6.07) is 3.92. The summed E-state index contributed by atoms with van der Waals surface area (Å²) in [5, 5.41) is 5.86. The van der Waals surface area contributed by atoms with Crippen molar-refractivity contribution in [1.82, 2.24) is 15.6 Å². The molecule has 1 aromatic heterocycles. The summed E-state index contributed by atoms with van der Waals surface area (Å²) in [5.74, 6) is 0.576. The van der Waals surface area contributed by atoms with E-state index in [1.165, 1.54) is 0 Å². The van der Waals surface area contributed by atoms with E-state index in [-0.39, 0.29) is 18.5 Å². The van der Waals surface area contributed by atoms with Crippen LogP contribution in [0.3, 0.4) is 0 Å². The van der Waals surface area contributed by atoms with Gasteiger partial charge in [-0.3, -0.25) is 4.79 Å². The number of ether oxygens (including phenoxy) is 1. The third kappa shape index (κ3) is 4.82. The van der Waals surface area contributed by atoms with Crippen LogP contribution in [-0.4, -0.2) is 30.6 Å². The SMILES string of the molecule is COc1ncccc1CNCC(=O)NC(C)C. The molecule has 1 aromatic rings. The highest BCUT2D eigenvalue weighted by Crippen LogP contribution is 2.12. The van der Waals surface area contributed by atoms with Crippen LogP contribution in [0.25, 0.3) is 0 Å². The third-order valence-electron chi connectivity index (χ3n) is 2.09. The van der Waals surface area contributed by atoms with E-state index in [1.54, 1.807) is 13.3 Å². The highest BCUT2D eigenvalue weighted by Gasteiger charge is 2.05. The van der Waals surface area contributed by atoms with Crippen LogP contribution >= 0.6 is 0 Å². The molecule has 0 saturated heterocycles. The van der Waals surface area contributed by atoms with Crippen LogP contribution in [0, 0.1) is 0 Å². The number of hydrogen-bond acceptors (Lipinski definition) is 4. The van der Waals surface area contributed by atoms with E-state index in [0.29, 0.717) is 12.4 Å². The maximum absolute atomic E-state index is 11.4. The third-order valence-corrected chi connectivity index (χ3v) is 2.09. The molecule has 0 aromatic carbocycles. The number of methoxy groups -OCH3 is 1. The summed E-state index contributed by atoms with van der Waals surface area (Å²) in [4.78, 5) is 15.5. The fraction of sp³-hybridized carbons (Fsp3) is 0.500. The Morgan fingerprint density at radius 1 is 1.53 bits per heavy atom. The largest absolute Gasteiger partial charge is 0.481 e. The molecule has 0 spiro atoms. The Labute approximate surface area is 102 Å². The molecule has 1 heterocycles. The number of aromatic nitrogens is 1. The molecule has 0 bridgehead atoms. The molecule has 0 aliphatic rings. The van der Waals surface area contributed by atoms with Gasteiger partial charge in [0.1, 0.15) is 0 Å². The van der Waals surface area contributed by atoms with E-state index in [1.807, 2.05) is 26.0 Å². The molecule has 94 valence electrons. The Morgan fingerprint density at radius 2 is 2.29 bits per heavy atom. The molecule has 0 fully saturated rings. The van der Waals surface area contributed by atoms with Crippen LogP contribution in [0.4, 0.5) is 0 Å². The molecule has 0 saturated carbocycles. The quantitative estimate of drug-likeness (QED) is 0.764. The zero-order valence-electron chi connectivity index (χ0n) is 10.5. The Balaban J connectivity index is 2.38. The van der Waals surface area contributed by atoms with Gasteiger partial charge in [0, 0.05) is 24.3 Å². The van der Waals surface area contributed by atoms with E-state index >= 15 is 0 Å². The molecule has 5 heteroatoms. The summed E-state index contributed by atoms with van der Waals surface area (Å²) in [6.07, 6.45) is 1.67. The maximum atomic E-state index is 11.4. The molecule has 5 nitrogen and oxygen atoms in total. The lowest BCUT2D eigenvalue weighted by atomic mass is 10.2. The van der Waals surface area contributed by atoms with Crippen LogP contribution in [0.1, 0.15) is 19.4 Å². The highest BCUT2D eigenvalue weighted by molar-refractivity contribution is 5.78. The van der Waals surface area contributed by atoms with Gasteiger partial charge in [-0.15, -0.1) is 0 Å². The lowest BCUT2D eigenvalue weighted by molar-refractivity contribution is -0.120. The molecule has 0 atom stereocenters. The van der Waals surface area contributed by atoms with Gasteiger partial charge in [-0.1, -0.05) is 6.07 Å². The average molecular weight is 237 g/mol. The Kier molecular flexibility index (Phi) is 5.42. The lowest BCUT2D eigenvalue weighted by Gasteiger charge is -2.10. The average Bonchev–Trinajstić information content (AvgIpc) is 2.28. The van der Waals surface area contributed by atoms with Gasteiger partial charge >= 0.3 is 0 Å².